The number of nitrogens with two attached hydrogens (primary N) is 1. The Kier molecular flexibility index (Phi) is 3.36. The van der Waals surface area contributed by atoms with Crippen molar-refractivity contribution >= 4 is 34.0 Å². The molecule has 5 nitrogen and oxygen atoms in total. The summed E-state index contributed by atoms with van der Waals surface area (Å²) in [5, 5.41) is 2.19. The van der Waals surface area contributed by atoms with Crippen molar-refractivity contribution in [3.05, 3.63) is 17.3 Å². The van der Waals surface area contributed by atoms with Crippen molar-refractivity contribution < 1.29 is 9.53 Å². The highest BCUT2D eigenvalue weighted by Gasteiger charge is 2.24. The second kappa shape index (κ2) is 4.66. The molecule has 0 aromatic carbocycles. The summed E-state index contributed by atoms with van der Waals surface area (Å²) in [6.07, 6.45) is 1.69. The number of carbonyl (C=O) groups is 1. The summed E-state index contributed by atoms with van der Waals surface area (Å²) in [5.74, 6) is -0.461. The molecule has 0 saturated carbocycles. The largest absolute Gasteiger partial charge is 0.455 e. The average Bonchev–Trinajstić information content (AvgIpc) is 2.82. The van der Waals surface area contributed by atoms with Gasteiger partial charge in [0.25, 0.3) is 0 Å². The molecule has 0 aliphatic heterocycles. The standard InChI is InChI=1S/C11H13N3O2S2/c1-11(2,3)16-9(15)7-8(18-10(12)14-7)6-4-13-17-5-6/h4-5H,1-3H3,(H2,12,14). The van der Waals surface area contributed by atoms with E-state index in [1.165, 1.54) is 22.9 Å². The number of rotatable bonds is 2. The number of hydrogen-bond donors (Lipinski definition) is 1. The van der Waals surface area contributed by atoms with Crippen LogP contribution in [-0.2, 0) is 4.74 Å². The maximum Gasteiger partial charge on any atom is 0.359 e. The lowest BCUT2D eigenvalue weighted by Crippen LogP contribution is -2.24. The van der Waals surface area contributed by atoms with Crippen molar-refractivity contribution in [3.63, 3.8) is 0 Å². The zero-order valence-electron chi connectivity index (χ0n) is 10.3. The van der Waals surface area contributed by atoms with Crippen LogP contribution in [0, 0.1) is 0 Å². The predicted octanol–water partition coefficient (Wildman–Crippen LogP) is 2.80. The third kappa shape index (κ3) is 2.85. The van der Waals surface area contributed by atoms with E-state index in [4.69, 9.17) is 10.5 Å². The van der Waals surface area contributed by atoms with Crippen molar-refractivity contribution in [2.75, 3.05) is 5.73 Å². The summed E-state index contributed by atoms with van der Waals surface area (Å²) in [6.45, 7) is 5.44. The number of carbonyl (C=O) groups excluding carboxylic acids is 1. The summed E-state index contributed by atoms with van der Waals surface area (Å²) >= 11 is 2.57. The van der Waals surface area contributed by atoms with Crippen molar-refractivity contribution in [1.82, 2.24) is 9.36 Å². The summed E-state index contributed by atoms with van der Waals surface area (Å²) < 4.78 is 9.32. The number of ether oxygens (including phenoxy) is 1. The Hall–Kier alpha value is -1.47. The molecule has 0 bridgehead atoms. The van der Waals surface area contributed by atoms with Gasteiger partial charge < -0.3 is 10.5 Å². The first-order valence-corrected chi connectivity index (χ1v) is 6.91. The summed E-state index contributed by atoms with van der Waals surface area (Å²) in [5.41, 5.74) is 6.21. The van der Waals surface area contributed by atoms with Gasteiger partial charge in [0.15, 0.2) is 10.8 Å². The Labute approximate surface area is 113 Å². The highest BCUT2D eigenvalue weighted by molar-refractivity contribution is 7.19. The van der Waals surface area contributed by atoms with Crippen LogP contribution in [0.5, 0.6) is 0 Å². The molecule has 0 unspecified atom stereocenters. The number of hydrogen-bond acceptors (Lipinski definition) is 7. The number of aromatic nitrogens is 2. The second-order valence-corrected chi connectivity index (χ2v) is 6.33. The molecule has 0 saturated heterocycles. The highest BCUT2D eigenvalue weighted by Crippen LogP contribution is 2.33. The smallest absolute Gasteiger partial charge is 0.359 e. The minimum Gasteiger partial charge on any atom is -0.455 e. The Bertz CT molecular complexity index is 555. The molecule has 7 heteroatoms. The minimum absolute atomic E-state index is 0.257. The van der Waals surface area contributed by atoms with Crippen molar-refractivity contribution in [3.8, 4) is 10.4 Å². The van der Waals surface area contributed by atoms with Crippen LogP contribution in [0.2, 0.25) is 0 Å². The van der Waals surface area contributed by atoms with Crippen LogP contribution in [0.1, 0.15) is 31.3 Å². The van der Waals surface area contributed by atoms with E-state index in [1.54, 1.807) is 6.20 Å². The highest BCUT2D eigenvalue weighted by atomic mass is 32.1. The molecular weight excluding hydrogens is 270 g/mol. The minimum atomic E-state index is -0.556. The third-order valence-corrected chi connectivity index (χ3v) is 3.45. The molecule has 18 heavy (non-hydrogen) atoms. The van der Waals surface area contributed by atoms with Gasteiger partial charge in [-0.05, 0) is 32.3 Å². The fourth-order valence-electron chi connectivity index (χ4n) is 1.31. The van der Waals surface area contributed by atoms with Gasteiger partial charge in [-0.25, -0.2) is 14.2 Å². The molecule has 2 rings (SSSR count). The first kappa shape index (κ1) is 13.0. The summed E-state index contributed by atoms with van der Waals surface area (Å²) in [6, 6.07) is 0. The monoisotopic (exact) mass is 283 g/mol. The maximum atomic E-state index is 12.0. The van der Waals surface area contributed by atoms with E-state index in [0.717, 1.165) is 5.56 Å². The van der Waals surface area contributed by atoms with E-state index in [1.807, 2.05) is 26.2 Å². The molecular formula is C11H13N3O2S2. The average molecular weight is 283 g/mol. The quantitative estimate of drug-likeness (QED) is 0.857. The number of thiazole rings is 1. The summed E-state index contributed by atoms with van der Waals surface area (Å²) in [4.78, 5) is 16.8. The van der Waals surface area contributed by atoms with Crippen LogP contribution in [0.25, 0.3) is 10.4 Å². The molecule has 2 heterocycles. The van der Waals surface area contributed by atoms with Gasteiger partial charge in [-0.3, -0.25) is 0 Å². The zero-order chi connectivity index (χ0) is 13.3. The van der Waals surface area contributed by atoms with Gasteiger partial charge in [0.2, 0.25) is 0 Å². The van der Waals surface area contributed by atoms with Crippen LogP contribution >= 0.6 is 22.9 Å². The molecule has 0 fully saturated rings. The van der Waals surface area contributed by atoms with Crippen LogP contribution in [-0.4, -0.2) is 20.9 Å². The zero-order valence-corrected chi connectivity index (χ0v) is 11.9. The van der Waals surface area contributed by atoms with Gasteiger partial charge in [-0.2, -0.15) is 0 Å². The number of esters is 1. The normalized spacial score (nSPS) is 11.5. The Morgan fingerprint density at radius 1 is 1.44 bits per heavy atom. The molecule has 2 aromatic heterocycles. The lowest BCUT2D eigenvalue weighted by atomic mass is 10.2. The molecule has 2 aromatic rings. The Morgan fingerprint density at radius 2 is 2.17 bits per heavy atom. The molecule has 2 N–H and O–H groups in total. The molecule has 96 valence electrons. The molecule has 0 amide bonds. The van der Waals surface area contributed by atoms with Crippen LogP contribution in [0.15, 0.2) is 11.6 Å². The Morgan fingerprint density at radius 3 is 2.72 bits per heavy atom. The lowest BCUT2D eigenvalue weighted by molar-refractivity contribution is 0.00647. The molecule has 0 aliphatic carbocycles. The van der Waals surface area contributed by atoms with E-state index in [2.05, 4.69) is 9.36 Å². The summed E-state index contributed by atoms with van der Waals surface area (Å²) in [7, 11) is 0. The van der Waals surface area contributed by atoms with Crippen molar-refractivity contribution in [2.24, 2.45) is 0 Å². The van der Waals surface area contributed by atoms with Crippen LogP contribution in [0.3, 0.4) is 0 Å². The SMILES string of the molecule is CC(C)(C)OC(=O)c1nc(N)sc1-c1cnsc1. The Balaban J connectivity index is 2.37. The number of nitrogen functional groups attached to an aromatic ring is 1. The van der Waals surface area contributed by atoms with Gasteiger partial charge in [-0.15, -0.1) is 0 Å². The van der Waals surface area contributed by atoms with Crippen LogP contribution in [0.4, 0.5) is 5.13 Å². The van der Waals surface area contributed by atoms with Gasteiger partial charge in [-0.1, -0.05) is 11.3 Å². The second-order valence-electron chi connectivity index (χ2n) is 4.64. The fraction of sp³-hybridized carbons (Fsp3) is 0.364. The van der Waals surface area contributed by atoms with E-state index in [9.17, 15) is 4.79 Å². The van der Waals surface area contributed by atoms with E-state index in [-0.39, 0.29) is 5.69 Å². The molecule has 0 aliphatic rings. The molecule has 0 atom stereocenters. The van der Waals surface area contributed by atoms with E-state index < -0.39 is 11.6 Å². The van der Waals surface area contributed by atoms with Gasteiger partial charge in [0.05, 0.1) is 4.88 Å². The topological polar surface area (TPSA) is 78.1 Å². The third-order valence-electron chi connectivity index (χ3n) is 1.93. The first-order chi connectivity index (χ1) is 8.37. The van der Waals surface area contributed by atoms with Gasteiger partial charge in [0, 0.05) is 17.1 Å². The van der Waals surface area contributed by atoms with Gasteiger partial charge >= 0.3 is 5.97 Å². The van der Waals surface area contributed by atoms with Gasteiger partial charge in [0.1, 0.15) is 5.60 Å². The van der Waals surface area contributed by atoms with E-state index >= 15 is 0 Å². The molecule has 0 spiro atoms. The van der Waals surface area contributed by atoms with E-state index in [0.29, 0.717) is 10.0 Å². The predicted molar refractivity (Wildman–Crippen MR) is 72.8 cm³/mol. The van der Waals surface area contributed by atoms with Crippen LogP contribution < -0.4 is 5.73 Å². The number of nitrogens with zero attached hydrogens (tertiary/aromatic N) is 2. The van der Waals surface area contributed by atoms with Crippen molar-refractivity contribution in [2.45, 2.75) is 26.4 Å². The van der Waals surface area contributed by atoms with Crippen molar-refractivity contribution in [1.29, 1.82) is 0 Å². The molecule has 0 radical (unpaired) electrons. The lowest BCUT2D eigenvalue weighted by Gasteiger charge is -2.18. The maximum absolute atomic E-state index is 12.0. The first-order valence-electron chi connectivity index (χ1n) is 5.26. The number of anilines is 1. The fourth-order valence-corrected chi connectivity index (χ4v) is 2.72.